The fraction of sp³-hybridized carbons (Fsp3) is 0.316. The molecule has 0 aliphatic heterocycles. The van der Waals surface area contributed by atoms with Crippen LogP contribution in [0.15, 0.2) is 42.5 Å². The molecule has 1 amide bonds. The average molecular weight is 360 g/mol. The topological polar surface area (TPSA) is 66.5 Å². The van der Waals surface area contributed by atoms with E-state index >= 15 is 0 Å². The van der Waals surface area contributed by atoms with Gasteiger partial charge in [0.2, 0.25) is 15.9 Å². The molecule has 0 saturated heterocycles. The number of nitrogens with zero attached hydrogens (tertiary/aromatic N) is 1. The van der Waals surface area contributed by atoms with Gasteiger partial charge in [-0.1, -0.05) is 42.5 Å². The predicted molar refractivity (Wildman–Crippen MR) is 101 cm³/mol. The van der Waals surface area contributed by atoms with Gasteiger partial charge in [-0.25, -0.2) is 8.42 Å². The zero-order valence-corrected chi connectivity index (χ0v) is 15.9. The Hall–Kier alpha value is -2.34. The summed E-state index contributed by atoms with van der Waals surface area (Å²) in [6.07, 6.45) is 1.12. The predicted octanol–water partition coefficient (Wildman–Crippen LogP) is 2.69. The zero-order valence-electron chi connectivity index (χ0n) is 15.0. The van der Waals surface area contributed by atoms with E-state index in [1.54, 1.807) is 0 Å². The Morgan fingerprint density at radius 3 is 2.08 bits per heavy atom. The van der Waals surface area contributed by atoms with Gasteiger partial charge in [0.05, 0.1) is 11.9 Å². The normalized spacial score (nSPS) is 11.2. The Kier molecular flexibility index (Phi) is 5.85. The first kappa shape index (κ1) is 19.0. The zero-order chi connectivity index (χ0) is 18.6. The van der Waals surface area contributed by atoms with Gasteiger partial charge in [0.1, 0.15) is 6.54 Å². The van der Waals surface area contributed by atoms with E-state index in [1.165, 1.54) is 4.31 Å². The molecule has 5 nitrogen and oxygen atoms in total. The third kappa shape index (κ3) is 4.82. The van der Waals surface area contributed by atoms with Crippen LogP contribution in [-0.4, -0.2) is 27.1 Å². The third-order valence-electron chi connectivity index (χ3n) is 4.11. The van der Waals surface area contributed by atoms with Crippen LogP contribution in [0.2, 0.25) is 0 Å². The molecule has 6 heteroatoms. The molecule has 0 aliphatic rings. The minimum absolute atomic E-state index is 0.240. The number of hydrogen-bond acceptors (Lipinski definition) is 3. The molecule has 0 aromatic heterocycles. The van der Waals surface area contributed by atoms with Crippen LogP contribution >= 0.6 is 0 Å². The maximum atomic E-state index is 12.4. The molecule has 2 aromatic rings. The van der Waals surface area contributed by atoms with E-state index in [4.69, 9.17) is 0 Å². The fourth-order valence-electron chi connectivity index (χ4n) is 2.75. The molecule has 0 saturated carbocycles. The third-order valence-corrected chi connectivity index (χ3v) is 5.23. The molecule has 2 rings (SSSR count). The number of carbonyl (C=O) groups excluding carboxylic acids is 1. The Morgan fingerprint density at radius 1 is 0.960 bits per heavy atom. The van der Waals surface area contributed by atoms with Crippen LogP contribution in [-0.2, 0) is 21.4 Å². The number of hydrogen-bond donors (Lipinski definition) is 1. The summed E-state index contributed by atoms with van der Waals surface area (Å²) in [6, 6.07) is 13.3. The van der Waals surface area contributed by atoms with Gasteiger partial charge < -0.3 is 5.32 Å². The number of carbonyl (C=O) groups is 1. The fourth-order valence-corrected chi connectivity index (χ4v) is 3.72. The van der Waals surface area contributed by atoms with E-state index in [0.29, 0.717) is 12.2 Å². The van der Waals surface area contributed by atoms with Crippen molar-refractivity contribution in [3.8, 4) is 0 Å². The van der Waals surface area contributed by atoms with Crippen molar-refractivity contribution in [3.05, 3.63) is 64.7 Å². The van der Waals surface area contributed by atoms with Crippen LogP contribution in [0.5, 0.6) is 0 Å². The highest BCUT2D eigenvalue weighted by atomic mass is 32.2. The Bertz CT molecular complexity index is 856. The highest BCUT2D eigenvalue weighted by Gasteiger charge is 2.23. The van der Waals surface area contributed by atoms with Crippen LogP contribution in [0.4, 0.5) is 5.69 Å². The number of amides is 1. The first-order chi connectivity index (χ1) is 11.7. The molecule has 2 aromatic carbocycles. The molecule has 25 heavy (non-hydrogen) atoms. The van der Waals surface area contributed by atoms with Gasteiger partial charge in [-0.05, 0) is 43.0 Å². The number of benzene rings is 2. The van der Waals surface area contributed by atoms with Crippen molar-refractivity contribution in [1.29, 1.82) is 0 Å². The monoisotopic (exact) mass is 360 g/mol. The summed E-state index contributed by atoms with van der Waals surface area (Å²) >= 11 is 0. The van der Waals surface area contributed by atoms with Crippen molar-refractivity contribution in [2.75, 3.05) is 17.1 Å². The van der Waals surface area contributed by atoms with E-state index in [-0.39, 0.29) is 12.5 Å². The molecule has 0 heterocycles. The van der Waals surface area contributed by atoms with Gasteiger partial charge in [0, 0.05) is 6.54 Å². The highest BCUT2D eigenvalue weighted by molar-refractivity contribution is 7.92. The molecule has 0 fully saturated rings. The molecule has 0 radical (unpaired) electrons. The lowest BCUT2D eigenvalue weighted by atomic mass is 10.1. The van der Waals surface area contributed by atoms with Gasteiger partial charge in [0.25, 0.3) is 0 Å². The van der Waals surface area contributed by atoms with E-state index < -0.39 is 10.0 Å². The molecular formula is C19H24N2O3S. The van der Waals surface area contributed by atoms with E-state index in [9.17, 15) is 13.2 Å². The second-order valence-electron chi connectivity index (χ2n) is 6.21. The van der Waals surface area contributed by atoms with E-state index in [1.807, 2.05) is 63.2 Å². The Morgan fingerprint density at radius 2 is 1.52 bits per heavy atom. The van der Waals surface area contributed by atoms with Gasteiger partial charge in [0.15, 0.2) is 0 Å². The summed E-state index contributed by atoms with van der Waals surface area (Å²) in [5.74, 6) is -0.337. The largest absolute Gasteiger partial charge is 0.350 e. The number of nitrogens with one attached hydrogen (secondary N) is 1. The summed E-state index contributed by atoms with van der Waals surface area (Å²) in [4.78, 5) is 12.4. The summed E-state index contributed by atoms with van der Waals surface area (Å²) < 4.78 is 25.7. The summed E-state index contributed by atoms with van der Waals surface area (Å²) in [6.45, 7) is 5.78. The standard InChI is InChI=1S/C19H24N2O3S/c1-14-8-5-6-11-17(14)12-20-18(22)13-21(25(4,23)24)19-15(2)9-7-10-16(19)3/h5-11H,12-13H2,1-4H3,(H,20,22). The summed E-state index contributed by atoms with van der Waals surface area (Å²) in [5.41, 5.74) is 4.29. The molecular weight excluding hydrogens is 336 g/mol. The highest BCUT2D eigenvalue weighted by Crippen LogP contribution is 2.26. The molecule has 134 valence electrons. The van der Waals surface area contributed by atoms with Crippen molar-refractivity contribution >= 4 is 21.6 Å². The lowest BCUT2D eigenvalue weighted by Gasteiger charge is -2.25. The van der Waals surface area contributed by atoms with Crippen molar-refractivity contribution in [2.24, 2.45) is 0 Å². The van der Waals surface area contributed by atoms with Crippen LogP contribution in [0.1, 0.15) is 22.3 Å². The summed E-state index contributed by atoms with van der Waals surface area (Å²) in [5, 5.41) is 2.81. The second kappa shape index (κ2) is 7.70. The number of anilines is 1. The lowest BCUT2D eigenvalue weighted by molar-refractivity contribution is -0.119. The van der Waals surface area contributed by atoms with Crippen LogP contribution in [0.25, 0.3) is 0 Å². The number of rotatable bonds is 6. The first-order valence-corrected chi connectivity index (χ1v) is 9.90. The van der Waals surface area contributed by atoms with E-state index in [0.717, 1.165) is 28.5 Å². The number of aryl methyl sites for hydroxylation is 3. The van der Waals surface area contributed by atoms with Gasteiger partial charge in [-0.2, -0.15) is 0 Å². The van der Waals surface area contributed by atoms with Gasteiger partial charge >= 0.3 is 0 Å². The maximum Gasteiger partial charge on any atom is 0.241 e. The quantitative estimate of drug-likeness (QED) is 0.861. The molecule has 0 spiro atoms. The average Bonchev–Trinajstić information content (AvgIpc) is 2.52. The molecule has 0 aliphatic carbocycles. The molecule has 0 unspecified atom stereocenters. The van der Waals surface area contributed by atoms with Crippen molar-refractivity contribution < 1.29 is 13.2 Å². The van der Waals surface area contributed by atoms with Crippen LogP contribution in [0, 0.1) is 20.8 Å². The van der Waals surface area contributed by atoms with Crippen molar-refractivity contribution in [3.63, 3.8) is 0 Å². The van der Waals surface area contributed by atoms with E-state index in [2.05, 4.69) is 5.32 Å². The molecule has 0 atom stereocenters. The molecule has 0 bridgehead atoms. The molecule has 1 N–H and O–H groups in total. The van der Waals surface area contributed by atoms with Crippen LogP contribution < -0.4 is 9.62 Å². The Labute approximate surface area is 149 Å². The minimum Gasteiger partial charge on any atom is -0.350 e. The number of sulfonamides is 1. The SMILES string of the molecule is Cc1ccccc1CNC(=O)CN(c1c(C)cccc1C)S(C)(=O)=O. The van der Waals surface area contributed by atoms with Gasteiger partial charge in [-0.15, -0.1) is 0 Å². The maximum absolute atomic E-state index is 12.4. The second-order valence-corrected chi connectivity index (χ2v) is 8.12. The van der Waals surface area contributed by atoms with Crippen molar-refractivity contribution in [1.82, 2.24) is 5.32 Å². The minimum atomic E-state index is -3.58. The summed E-state index contributed by atoms with van der Waals surface area (Å²) in [7, 11) is -3.58. The number of para-hydroxylation sites is 1. The lowest BCUT2D eigenvalue weighted by Crippen LogP contribution is -2.40. The van der Waals surface area contributed by atoms with Crippen LogP contribution in [0.3, 0.4) is 0 Å². The van der Waals surface area contributed by atoms with Gasteiger partial charge in [-0.3, -0.25) is 9.10 Å². The first-order valence-electron chi connectivity index (χ1n) is 8.05. The Balaban J connectivity index is 2.18. The van der Waals surface area contributed by atoms with Crippen molar-refractivity contribution in [2.45, 2.75) is 27.3 Å². The smallest absolute Gasteiger partial charge is 0.241 e.